The Labute approximate surface area is 119 Å². The minimum absolute atomic E-state index is 0.0515. The van der Waals surface area contributed by atoms with E-state index in [0.29, 0.717) is 21.3 Å². The second-order valence-electron chi connectivity index (χ2n) is 3.85. The molecule has 0 aliphatic rings. The van der Waals surface area contributed by atoms with E-state index in [1.165, 1.54) is 12.3 Å². The predicted octanol–water partition coefficient (Wildman–Crippen LogP) is 3.71. The fourth-order valence-electron chi connectivity index (χ4n) is 1.54. The van der Waals surface area contributed by atoms with Crippen LogP contribution >= 0.6 is 23.2 Å². The van der Waals surface area contributed by atoms with E-state index in [1.807, 2.05) is 0 Å². The van der Waals surface area contributed by atoms with Gasteiger partial charge in [-0.1, -0.05) is 23.2 Å². The van der Waals surface area contributed by atoms with Crippen LogP contribution in [0.5, 0.6) is 0 Å². The van der Waals surface area contributed by atoms with Crippen LogP contribution in [0.3, 0.4) is 0 Å². The zero-order valence-corrected chi connectivity index (χ0v) is 11.2. The maximum Gasteiger partial charge on any atom is 0.228 e. The fraction of sp³-hybridized carbons (Fsp3) is 0.0769. The van der Waals surface area contributed by atoms with Crippen molar-refractivity contribution in [3.05, 3.63) is 58.1 Å². The smallest absolute Gasteiger partial charge is 0.228 e. The summed E-state index contributed by atoms with van der Waals surface area (Å²) in [6.45, 7) is 0. The molecule has 0 bridgehead atoms. The van der Waals surface area contributed by atoms with E-state index in [1.54, 1.807) is 18.2 Å². The lowest BCUT2D eigenvalue weighted by atomic mass is 10.1. The van der Waals surface area contributed by atoms with Gasteiger partial charge in [-0.05, 0) is 23.8 Å². The van der Waals surface area contributed by atoms with Crippen molar-refractivity contribution < 1.29 is 9.18 Å². The molecule has 0 aliphatic carbocycles. The maximum absolute atomic E-state index is 12.9. The summed E-state index contributed by atoms with van der Waals surface area (Å²) in [6.07, 6.45) is 2.47. The van der Waals surface area contributed by atoms with Crippen LogP contribution in [-0.2, 0) is 11.2 Å². The Morgan fingerprint density at radius 2 is 2.05 bits per heavy atom. The van der Waals surface area contributed by atoms with E-state index in [0.717, 1.165) is 6.20 Å². The van der Waals surface area contributed by atoms with Gasteiger partial charge in [0, 0.05) is 16.1 Å². The number of nitrogens with zero attached hydrogens (tertiary/aromatic N) is 1. The number of amides is 1. The average Bonchev–Trinajstić information content (AvgIpc) is 2.34. The number of anilines is 1. The lowest BCUT2D eigenvalue weighted by molar-refractivity contribution is -0.115. The largest absolute Gasteiger partial charge is 0.324 e. The zero-order valence-electron chi connectivity index (χ0n) is 9.66. The van der Waals surface area contributed by atoms with Gasteiger partial charge >= 0.3 is 0 Å². The van der Waals surface area contributed by atoms with Crippen LogP contribution in [0.2, 0.25) is 10.0 Å². The van der Waals surface area contributed by atoms with E-state index < -0.39 is 5.82 Å². The summed E-state index contributed by atoms with van der Waals surface area (Å²) in [6, 6.07) is 6.07. The normalized spacial score (nSPS) is 10.3. The van der Waals surface area contributed by atoms with Gasteiger partial charge in [0.2, 0.25) is 5.91 Å². The van der Waals surface area contributed by atoms with Crippen LogP contribution in [0, 0.1) is 5.82 Å². The molecular weight excluding hydrogens is 290 g/mol. The van der Waals surface area contributed by atoms with Crippen molar-refractivity contribution in [2.24, 2.45) is 0 Å². The Balaban J connectivity index is 2.07. The molecule has 0 saturated heterocycles. The van der Waals surface area contributed by atoms with Crippen LogP contribution in [0.25, 0.3) is 0 Å². The fourth-order valence-corrected chi connectivity index (χ4v) is 1.92. The number of hydrogen-bond donors (Lipinski definition) is 1. The number of nitrogens with one attached hydrogen (secondary N) is 1. The van der Waals surface area contributed by atoms with E-state index >= 15 is 0 Å². The summed E-state index contributed by atoms with van der Waals surface area (Å²) >= 11 is 11.8. The van der Waals surface area contributed by atoms with Gasteiger partial charge in [-0.3, -0.25) is 9.78 Å². The molecule has 0 aliphatic heterocycles. The van der Waals surface area contributed by atoms with Crippen molar-refractivity contribution in [3.8, 4) is 0 Å². The van der Waals surface area contributed by atoms with Crippen molar-refractivity contribution in [2.45, 2.75) is 6.42 Å². The molecule has 0 radical (unpaired) electrons. The Bertz CT molecular complexity index is 619. The van der Waals surface area contributed by atoms with Gasteiger partial charge in [0.05, 0.1) is 24.5 Å². The molecule has 0 saturated carbocycles. The second kappa shape index (κ2) is 5.99. The van der Waals surface area contributed by atoms with Gasteiger partial charge in [0.15, 0.2) is 0 Å². The van der Waals surface area contributed by atoms with Crippen LogP contribution in [-0.4, -0.2) is 10.9 Å². The van der Waals surface area contributed by atoms with Crippen molar-refractivity contribution >= 4 is 34.8 Å². The first kappa shape index (κ1) is 13.8. The maximum atomic E-state index is 12.9. The third-order valence-electron chi connectivity index (χ3n) is 2.35. The monoisotopic (exact) mass is 298 g/mol. The van der Waals surface area contributed by atoms with E-state index in [9.17, 15) is 9.18 Å². The average molecular weight is 299 g/mol. The first-order valence-electron chi connectivity index (χ1n) is 5.39. The molecule has 1 aromatic carbocycles. The minimum Gasteiger partial charge on any atom is -0.324 e. The topological polar surface area (TPSA) is 42.0 Å². The SMILES string of the molecule is O=C(Cc1cc(Cl)ccc1Cl)Nc1cncc(F)c1. The number of rotatable bonds is 3. The molecule has 1 amide bonds. The molecule has 1 aromatic heterocycles. The summed E-state index contributed by atoms with van der Waals surface area (Å²) in [7, 11) is 0. The first-order chi connectivity index (χ1) is 9.04. The minimum atomic E-state index is -0.515. The third kappa shape index (κ3) is 3.91. The molecule has 2 rings (SSSR count). The van der Waals surface area contributed by atoms with Gasteiger partial charge < -0.3 is 5.32 Å². The van der Waals surface area contributed by atoms with Gasteiger partial charge in [0.1, 0.15) is 5.82 Å². The summed E-state index contributed by atoms with van der Waals surface area (Å²) in [5, 5.41) is 3.49. The Kier molecular flexibility index (Phi) is 4.35. The highest BCUT2D eigenvalue weighted by molar-refractivity contribution is 6.33. The highest BCUT2D eigenvalue weighted by Crippen LogP contribution is 2.21. The highest BCUT2D eigenvalue weighted by Gasteiger charge is 2.08. The predicted molar refractivity (Wildman–Crippen MR) is 73.0 cm³/mol. The van der Waals surface area contributed by atoms with E-state index in [2.05, 4.69) is 10.3 Å². The molecule has 2 aromatic rings. The molecule has 1 N–H and O–H groups in total. The third-order valence-corrected chi connectivity index (χ3v) is 2.95. The molecule has 19 heavy (non-hydrogen) atoms. The highest BCUT2D eigenvalue weighted by atomic mass is 35.5. The lowest BCUT2D eigenvalue weighted by Gasteiger charge is -2.06. The number of halogens is 3. The van der Waals surface area contributed by atoms with Crippen molar-refractivity contribution in [1.82, 2.24) is 4.98 Å². The van der Waals surface area contributed by atoms with Crippen LogP contribution < -0.4 is 5.32 Å². The van der Waals surface area contributed by atoms with Crippen LogP contribution in [0.15, 0.2) is 36.7 Å². The molecular formula is C13H9Cl2FN2O. The molecule has 0 fully saturated rings. The standard InChI is InChI=1S/C13H9Cl2FN2O/c14-9-1-2-12(15)8(3-9)4-13(19)18-11-5-10(16)6-17-7-11/h1-3,5-7H,4H2,(H,18,19). The Morgan fingerprint density at radius 3 is 2.79 bits per heavy atom. The Morgan fingerprint density at radius 1 is 1.26 bits per heavy atom. The van der Waals surface area contributed by atoms with Crippen molar-refractivity contribution in [1.29, 1.82) is 0 Å². The molecule has 0 spiro atoms. The van der Waals surface area contributed by atoms with Crippen LogP contribution in [0.1, 0.15) is 5.56 Å². The summed E-state index contributed by atoms with van der Waals surface area (Å²) in [5.41, 5.74) is 0.902. The molecule has 1 heterocycles. The summed E-state index contributed by atoms with van der Waals surface area (Å²) in [5.74, 6) is -0.838. The van der Waals surface area contributed by atoms with Gasteiger partial charge in [-0.15, -0.1) is 0 Å². The van der Waals surface area contributed by atoms with Gasteiger partial charge in [-0.25, -0.2) is 4.39 Å². The summed E-state index contributed by atoms with van der Waals surface area (Å²) in [4.78, 5) is 15.4. The lowest BCUT2D eigenvalue weighted by Crippen LogP contribution is -2.15. The van der Waals surface area contributed by atoms with Crippen molar-refractivity contribution in [3.63, 3.8) is 0 Å². The van der Waals surface area contributed by atoms with E-state index in [-0.39, 0.29) is 12.3 Å². The second-order valence-corrected chi connectivity index (χ2v) is 4.70. The molecule has 3 nitrogen and oxygen atoms in total. The van der Waals surface area contributed by atoms with Gasteiger partial charge in [0.25, 0.3) is 0 Å². The number of carbonyl (C=O) groups is 1. The number of benzene rings is 1. The van der Waals surface area contributed by atoms with Gasteiger partial charge in [-0.2, -0.15) is 0 Å². The molecule has 0 atom stereocenters. The van der Waals surface area contributed by atoms with Crippen molar-refractivity contribution in [2.75, 3.05) is 5.32 Å². The Hall–Kier alpha value is -1.65. The van der Waals surface area contributed by atoms with E-state index in [4.69, 9.17) is 23.2 Å². The zero-order chi connectivity index (χ0) is 13.8. The number of hydrogen-bond acceptors (Lipinski definition) is 2. The first-order valence-corrected chi connectivity index (χ1v) is 6.14. The number of carbonyl (C=O) groups excluding carboxylic acids is 1. The van der Waals surface area contributed by atoms with Crippen LogP contribution in [0.4, 0.5) is 10.1 Å². The molecule has 6 heteroatoms. The quantitative estimate of drug-likeness (QED) is 0.938. The summed E-state index contributed by atoms with van der Waals surface area (Å²) < 4.78 is 12.9. The molecule has 0 unspecified atom stereocenters. The number of pyridine rings is 1. The molecule has 98 valence electrons. The number of aromatic nitrogens is 1.